The first-order valence-electron chi connectivity index (χ1n) is 6.45. The Morgan fingerprint density at radius 1 is 1.39 bits per heavy atom. The Kier molecular flexibility index (Phi) is 4.59. The Morgan fingerprint density at radius 2 is 2.17 bits per heavy atom. The minimum Gasteiger partial charge on any atom is -0.445 e. The molecule has 1 aromatic rings. The molecule has 0 radical (unpaired) electrons. The number of hydrogen-bond donors (Lipinski definition) is 1. The maximum atomic E-state index is 12.0. The van der Waals surface area contributed by atoms with Crippen molar-refractivity contribution < 1.29 is 9.53 Å². The molecule has 0 unspecified atom stereocenters. The minimum atomic E-state index is -0.213. The largest absolute Gasteiger partial charge is 0.445 e. The van der Waals surface area contributed by atoms with Gasteiger partial charge in [0.2, 0.25) is 0 Å². The van der Waals surface area contributed by atoms with E-state index in [1.54, 1.807) is 0 Å². The lowest BCUT2D eigenvalue weighted by atomic mass is 10.2. The number of carbonyl (C=O) groups excluding carboxylic acids is 1. The zero-order chi connectivity index (χ0) is 12.8. The molecule has 1 saturated heterocycles. The van der Waals surface area contributed by atoms with Gasteiger partial charge in [0.15, 0.2) is 0 Å². The highest BCUT2D eigenvalue weighted by molar-refractivity contribution is 5.68. The molecule has 1 aromatic carbocycles. The van der Waals surface area contributed by atoms with Crippen LogP contribution in [0.3, 0.4) is 0 Å². The number of rotatable bonds is 2. The van der Waals surface area contributed by atoms with Crippen molar-refractivity contribution >= 4 is 6.09 Å². The zero-order valence-electron chi connectivity index (χ0n) is 10.8. The van der Waals surface area contributed by atoms with Gasteiger partial charge in [0, 0.05) is 19.1 Å². The Labute approximate surface area is 108 Å². The van der Waals surface area contributed by atoms with Gasteiger partial charge in [-0.05, 0) is 25.5 Å². The average Bonchev–Trinajstić information content (AvgIpc) is 2.62. The Bertz CT molecular complexity index is 381. The van der Waals surface area contributed by atoms with Gasteiger partial charge in [-0.15, -0.1) is 0 Å². The highest BCUT2D eigenvalue weighted by Crippen LogP contribution is 2.09. The van der Waals surface area contributed by atoms with E-state index < -0.39 is 0 Å². The smallest absolute Gasteiger partial charge is 0.410 e. The van der Waals surface area contributed by atoms with Crippen LogP contribution in [-0.2, 0) is 11.3 Å². The van der Waals surface area contributed by atoms with E-state index in [4.69, 9.17) is 4.74 Å². The van der Waals surface area contributed by atoms with E-state index in [1.807, 2.05) is 35.2 Å². The number of benzene rings is 1. The summed E-state index contributed by atoms with van der Waals surface area (Å²) >= 11 is 0. The topological polar surface area (TPSA) is 41.6 Å². The van der Waals surface area contributed by atoms with Crippen LogP contribution in [0.2, 0.25) is 0 Å². The molecule has 0 bridgehead atoms. The molecule has 1 amide bonds. The third-order valence-corrected chi connectivity index (χ3v) is 3.24. The summed E-state index contributed by atoms with van der Waals surface area (Å²) < 4.78 is 5.35. The van der Waals surface area contributed by atoms with Crippen molar-refractivity contribution in [3.8, 4) is 0 Å². The van der Waals surface area contributed by atoms with Gasteiger partial charge in [-0.2, -0.15) is 0 Å². The molecule has 98 valence electrons. The Morgan fingerprint density at radius 3 is 2.94 bits per heavy atom. The minimum absolute atomic E-state index is 0.213. The van der Waals surface area contributed by atoms with Crippen LogP contribution < -0.4 is 5.32 Å². The third-order valence-electron chi connectivity index (χ3n) is 3.24. The van der Waals surface area contributed by atoms with Crippen molar-refractivity contribution in [1.29, 1.82) is 0 Å². The summed E-state index contributed by atoms with van der Waals surface area (Å²) in [6.45, 7) is 4.93. The van der Waals surface area contributed by atoms with E-state index in [1.165, 1.54) is 0 Å². The summed E-state index contributed by atoms with van der Waals surface area (Å²) in [6, 6.07) is 10.0. The molecule has 0 spiro atoms. The highest BCUT2D eigenvalue weighted by Gasteiger charge is 2.22. The first-order valence-corrected chi connectivity index (χ1v) is 6.45. The van der Waals surface area contributed by atoms with Crippen LogP contribution in [0.1, 0.15) is 18.9 Å². The fourth-order valence-electron chi connectivity index (χ4n) is 2.09. The average molecular weight is 248 g/mol. The Balaban J connectivity index is 1.87. The van der Waals surface area contributed by atoms with Crippen molar-refractivity contribution in [2.75, 3.05) is 19.6 Å². The predicted octanol–water partition coefficient (Wildman–Crippen LogP) is 2.01. The molecule has 18 heavy (non-hydrogen) atoms. The van der Waals surface area contributed by atoms with Gasteiger partial charge in [0.1, 0.15) is 6.61 Å². The fourth-order valence-corrected chi connectivity index (χ4v) is 2.09. The van der Waals surface area contributed by atoms with Gasteiger partial charge in [0.25, 0.3) is 0 Å². The van der Waals surface area contributed by atoms with Crippen molar-refractivity contribution in [2.24, 2.45) is 0 Å². The van der Waals surface area contributed by atoms with Crippen LogP contribution in [-0.4, -0.2) is 36.7 Å². The molecule has 0 aromatic heterocycles. The van der Waals surface area contributed by atoms with Crippen LogP contribution in [0.15, 0.2) is 30.3 Å². The molecule has 2 rings (SSSR count). The Hall–Kier alpha value is -1.55. The van der Waals surface area contributed by atoms with Crippen LogP contribution >= 0.6 is 0 Å². The first kappa shape index (κ1) is 12.9. The van der Waals surface area contributed by atoms with Gasteiger partial charge in [-0.25, -0.2) is 4.79 Å². The molecule has 1 heterocycles. The lowest BCUT2D eigenvalue weighted by Crippen LogP contribution is -2.39. The summed E-state index contributed by atoms with van der Waals surface area (Å²) in [5.74, 6) is 0. The maximum Gasteiger partial charge on any atom is 0.410 e. The third kappa shape index (κ3) is 3.47. The van der Waals surface area contributed by atoms with Crippen molar-refractivity contribution in [1.82, 2.24) is 10.2 Å². The first-order chi connectivity index (χ1) is 8.77. The van der Waals surface area contributed by atoms with Gasteiger partial charge in [-0.1, -0.05) is 30.3 Å². The van der Waals surface area contributed by atoms with Gasteiger partial charge >= 0.3 is 6.09 Å². The van der Waals surface area contributed by atoms with Crippen molar-refractivity contribution in [3.05, 3.63) is 35.9 Å². The molecule has 4 nitrogen and oxygen atoms in total. The van der Waals surface area contributed by atoms with E-state index in [2.05, 4.69) is 12.2 Å². The molecule has 1 aliphatic heterocycles. The normalized spacial score (nSPS) is 20.3. The van der Waals surface area contributed by atoms with Gasteiger partial charge < -0.3 is 15.0 Å². The molecule has 1 N–H and O–H groups in total. The monoisotopic (exact) mass is 248 g/mol. The maximum absolute atomic E-state index is 12.0. The highest BCUT2D eigenvalue weighted by atomic mass is 16.6. The number of amides is 1. The number of hydrogen-bond acceptors (Lipinski definition) is 3. The van der Waals surface area contributed by atoms with Gasteiger partial charge in [-0.3, -0.25) is 0 Å². The van der Waals surface area contributed by atoms with Crippen LogP contribution in [0.4, 0.5) is 4.79 Å². The second-order valence-electron chi connectivity index (χ2n) is 4.62. The summed E-state index contributed by atoms with van der Waals surface area (Å²) in [4.78, 5) is 13.8. The quantitative estimate of drug-likeness (QED) is 0.870. The molecular formula is C14H20N2O2. The molecule has 1 aliphatic rings. The summed E-state index contributed by atoms with van der Waals surface area (Å²) in [5, 5.41) is 3.29. The number of ether oxygens (including phenoxy) is 1. The summed E-state index contributed by atoms with van der Waals surface area (Å²) in [7, 11) is 0. The van der Waals surface area contributed by atoms with E-state index in [9.17, 15) is 4.79 Å². The predicted molar refractivity (Wildman–Crippen MR) is 70.3 cm³/mol. The number of nitrogens with zero attached hydrogens (tertiary/aromatic N) is 1. The van der Waals surface area contributed by atoms with Crippen molar-refractivity contribution in [2.45, 2.75) is 26.0 Å². The molecule has 0 saturated carbocycles. The number of nitrogens with one attached hydrogen (secondary N) is 1. The summed E-state index contributed by atoms with van der Waals surface area (Å²) in [6.07, 6.45) is 0.760. The SMILES string of the molecule is C[C@@H]1CCNCCN1C(=O)OCc1ccccc1. The van der Waals surface area contributed by atoms with Crippen molar-refractivity contribution in [3.63, 3.8) is 0 Å². The number of carbonyl (C=O) groups is 1. The molecule has 4 heteroatoms. The zero-order valence-corrected chi connectivity index (χ0v) is 10.8. The van der Waals surface area contributed by atoms with Crippen LogP contribution in [0.25, 0.3) is 0 Å². The second-order valence-corrected chi connectivity index (χ2v) is 4.62. The van der Waals surface area contributed by atoms with E-state index >= 15 is 0 Å². The fraction of sp³-hybridized carbons (Fsp3) is 0.500. The van der Waals surface area contributed by atoms with E-state index in [0.29, 0.717) is 6.61 Å². The lowest BCUT2D eigenvalue weighted by Gasteiger charge is -2.25. The molecule has 0 aliphatic carbocycles. The van der Waals surface area contributed by atoms with E-state index in [-0.39, 0.29) is 12.1 Å². The van der Waals surface area contributed by atoms with E-state index in [0.717, 1.165) is 31.6 Å². The van der Waals surface area contributed by atoms with Gasteiger partial charge in [0.05, 0.1) is 0 Å². The second kappa shape index (κ2) is 6.40. The molecule has 1 fully saturated rings. The lowest BCUT2D eigenvalue weighted by molar-refractivity contribution is 0.0856. The van der Waals surface area contributed by atoms with Crippen LogP contribution in [0.5, 0.6) is 0 Å². The molecule has 1 atom stereocenters. The summed E-state index contributed by atoms with van der Waals surface area (Å²) in [5.41, 5.74) is 1.02. The standard InChI is InChI=1S/C14H20N2O2/c1-12-7-8-15-9-10-16(12)14(17)18-11-13-5-3-2-4-6-13/h2-6,12,15H,7-11H2,1H3/t12-/m1/s1. The van der Waals surface area contributed by atoms with Crippen LogP contribution in [0, 0.1) is 0 Å². The molecular weight excluding hydrogens is 228 g/mol.